The molecule has 6 nitrogen and oxygen atoms in total. The van der Waals surface area contributed by atoms with Gasteiger partial charge in [-0.25, -0.2) is 9.59 Å². The van der Waals surface area contributed by atoms with Crippen LogP contribution in [0.2, 0.25) is 0 Å². The lowest BCUT2D eigenvalue weighted by molar-refractivity contribution is -0.129. The number of esters is 2. The average Bonchev–Trinajstić information content (AvgIpc) is 2.58. The second kappa shape index (κ2) is 7.73. The first-order valence-electron chi connectivity index (χ1n) is 6.91. The fourth-order valence-corrected chi connectivity index (χ4v) is 1.84. The van der Waals surface area contributed by atoms with Crippen LogP contribution in [0.1, 0.15) is 15.9 Å². The van der Waals surface area contributed by atoms with E-state index < -0.39 is 11.9 Å². The van der Waals surface area contributed by atoms with Gasteiger partial charge in [0.05, 0.1) is 5.56 Å². The van der Waals surface area contributed by atoms with Crippen molar-refractivity contribution in [3.63, 3.8) is 0 Å². The Morgan fingerprint density at radius 1 is 1.00 bits per heavy atom. The van der Waals surface area contributed by atoms with Crippen LogP contribution in [0.5, 0.6) is 17.2 Å². The molecule has 122 valence electrons. The number of rotatable bonds is 6. The lowest BCUT2D eigenvalue weighted by Gasteiger charge is -2.09. The minimum Gasteiger partial charge on any atom is -0.429 e. The van der Waals surface area contributed by atoms with Crippen molar-refractivity contribution in [1.82, 2.24) is 0 Å². The van der Waals surface area contributed by atoms with E-state index in [0.29, 0.717) is 34.8 Å². The number of benzene rings is 2. The Bertz CT molecular complexity index is 777. The van der Waals surface area contributed by atoms with Crippen LogP contribution >= 0.6 is 0 Å². The van der Waals surface area contributed by atoms with Gasteiger partial charge in [0.15, 0.2) is 0 Å². The van der Waals surface area contributed by atoms with Gasteiger partial charge in [-0.1, -0.05) is 6.58 Å². The molecular formula is C18H14O6. The van der Waals surface area contributed by atoms with Crippen LogP contribution < -0.4 is 14.2 Å². The smallest absolute Gasteiger partial charge is 0.343 e. The van der Waals surface area contributed by atoms with E-state index in [1.54, 1.807) is 13.0 Å². The lowest BCUT2D eigenvalue weighted by atomic mass is 10.2. The van der Waals surface area contributed by atoms with Gasteiger partial charge in [-0.2, -0.15) is 0 Å². The highest BCUT2D eigenvalue weighted by molar-refractivity contribution is 5.91. The molecule has 0 aliphatic heterocycles. The zero-order chi connectivity index (χ0) is 17.5. The highest BCUT2D eigenvalue weighted by Crippen LogP contribution is 2.24. The lowest BCUT2D eigenvalue weighted by Crippen LogP contribution is -2.09. The maximum atomic E-state index is 12.1. The number of carbonyl (C=O) groups excluding carboxylic acids is 3. The molecular weight excluding hydrogens is 312 g/mol. The van der Waals surface area contributed by atoms with Gasteiger partial charge in [0, 0.05) is 6.08 Å². The Kier molecular flexibility index (Phi) is 5.46. The molecule has 0 N–H and O–H groups in total. The van der Waals surface area contributed by atoms with Crippen molar-refractivity contribution in [2.45, 2.75) is 6.92 Å². The Labute approximate surface area is 138 Å². The molecule has 0 aliphatic carbocycles. The second-order valence-corrected chi connectivity index (χ2v) is 4.68. The minimum absolute atomic E-state index is 0.293. The van der Waals surface area contributed by atoms with Crippen LogP contribution in [0, 0.1) is 6.92 Å². The third kappa shape index (κ3) is 4.30. The van der Waals surface area contributed by atoms with Crippen LogP contribution in [0.4, 0.5) is 0 Å². The van der Waals surface area contributed by atoms with Crippen molar-refractivity contribution < 1.29 is 28.6 Å². The van der Waals surface area contributed by atoms with Crippen molar-refractivity contribution in [3.8, 4) is 17.2 Å². The van der Waals surface area contributed by atoms with Gasteiger partial charge >= 0.3 is 11.9 Å². The highest BCUT2D eigenvalue weighted by Gasteiger charge is 2.11. The molecule has 0 heterocycles. The van der Waals surface area contributed by atoms with Gasteiger partial charge < -0.3 is 14.2 Å². The molecule has 0 spiro atoms. The summed E-state index contributed by atoms with van der Waals surface area (Å²) in [7, 11) is 0. The van der Waals surface area contributed by atoms with Crippen molar-refractivity contribution in [2.75, 3.05) is 0 Å². The summed E-state index contributed by atoms with van der Waals surface area (Å²) in [6.45, 7) is 5.34. The van der Waals surface area contributed by atoms with E-state index in [9.17, 15) is 14.4 Å². The fraction of sp³-hybridized carbons (Fsp3) is 0.0556. The molecule has 0 radical (unpaired) electrons. The van der Waals surface area contributed by atoms with Crippen molar-refractivity contribution in [2.24, 2.45) is 0 Å². The van der Waals surface area contributed by atoms with Crippen LogP contribution in [-0.4, -0.2) is 18.4 Å². The van der Waals surface area contributed by atoms with Gasteiger partial charge in [0.25, 0.3) is 6.47 Å². The van der Waals surface area contributed by atoms with Gasteiger partial charge in [0.2, 0.25) is 0 Å². The van der Waals surface area contributed by atoms with Crippen LogP contribution in [0.25, 0.3) is 0 Å². The molecule has 2 aromatic rings. The van der Waals surface area contributed by atoms with Gasteiger partial charge in [-0.3, -0.25) is 4.79 Å². The molecule has 0 atom stereocenters. The monoisotopic (exact) mass is 326 g/mol. The fourth-order valence-electron chi connectivity index (χ4n) is 1.84. The topological polar surface area (TPSA) is 78.9 Å². The third-order valence-electron chi connectivity index (χ3n) is 3.01. The average molecular weight is 326 g/mol. The molecule has 0 bridgehead atoms. The molecule has 0 amide bonds. The van der Waals surface area contributed by atoms with E-state index in [0.717, 1.165) is 6.08 Å². The summed E-state index contributed by atoms with van der Waals surface area (Å²) in [5, 5.41) is 0. The molecule has 24 heavy (non-hydrogen) atoms. The molecule has 0 unspecified atom stereocenters. The van der Waals surface area contributed by atoms with Crippen molar-refractivity contribution in [3.05, 3.63) is 66.2 Å². The zero-order valence-corrected chi connectivity index (χ0v) is 12.9. The first-order chi connectivity index (χ1) is 11.5. The molecule has 0 aromatic heterocycles. The van der Waals surface area contributed by atoms with Crippen LogP contribution in [-0.2, 0) is 9.59 Å². The minimum atomic E-state index is -0.585. The summed E-state index contributed by atoms with van der Waals surface area (Å²) in [5.74, 6) is -0.151. The van der Waals surface area contributed by atoms with E-state index in [4.69, 9.17) is 14.2 Å². The molecule has 2 rings (SSSR count). The Morgan fingerprint density at radius 2 is 1.67 bits per heavy atom. The van der Waals surface area contributed by atoms with E-state index in [1.165, 1.54) is 36.4 Å². The SMILES string of the molecule is C=CC(=O)Oc1ccc(C(=O)Oc2ccc(OC=O)cc2C)cc1. The third-order valence-corrected chi connectivity index (χ3v) is 3.01. The molecule has 6 heteroatoms. The predicted molar refractivity (Wildman–Crippen MR) is 85.1 cm³/mol. The number of ether oxygens (including phenoxy) is 3. The van der Waals surface area contributed by atoms with Gasteiger partial charge in [-0.15, -0.1) is 0 Å². The van der Waals surface area contributed by atoms with E-state index in [1.807, 2.05) is 0 Å². The second-order valence-electron chi connectivity index (χ2n) is 4.68. The molecule has 0 aliphatic rings. The van der Waals surface area contributed by atoms with Crippen molar-refractivity contribution in [1.29, 1.82) is 0 Å². The Hall–Kier alpha value is -3.41. The normalized spacial score (nSPS) is 9.71. The molecule has 0 saturated carbocycles. The zero-order valence-electron chi connectivity index (χ0n) is 12.9. The first-order valence-corrected chi connectivity index (χ1v) is 6.91. The molecule has 2 aromatic carbocycles. The van der Waals surface area contributed by atoms with Crippen LogP contribution in [0.15, 0.2) is 55.1 Å². The van der Waals surface area contributed by atoms with E-state index in [-0.39, 0.29) is 0 Å². The highest BCUT2D eigenvalue weighted by atomic mass is 16.5. The number of carbonyl (C=O) groups is 3. The Morgan fingerprint density at radius 3 is 2.25 bits per heavy atom. The first kappa shape index (κ1) is 17.0. The Balaban J connectivity index is 2.08. The maximum absolute atomic E-state index is 12.1. The molecule has 0 fully saturated rings. The van der Waals surface area contributed by atoms with E-state index >= 15 is 0 Å². The van der Waals surface area contributed by atoms with E-state index in [2.05, 4.69) is 6.58 Å². The number of hydrogen-bond donors (Lipinski definition) is 0. The van der Waals surface area contributed by atoms with Crippen LogP contribution in [0.3, 0.4) is 0 Å². The predicted octanol–water partition coefficient (Wildman–Crippen LogP) is 2.84. The number of hydrogen-bond acceptors (Lipinski definition) is 6. The van der Waals surface area contributed by atoms with Gasteiger partial charge in [-0.05, 0) is 55.0 Å². The van der Waals surface area contributed by atoms with Crippen molar-refractivity contribution >= 4 is 18.4 Å². The summed E-state index contributed by atoms with van der Waals surface area (Å²) in [5.41, 5.74) is 0.931. The largest absolute Gasteiger partial charge is 0.429 e. The quantitative estimate of drug-likeness (QED) is 0.351. The maximum Gasteiger partial charge on any atom is 0.343 e. The molecule has 0 saturated heterocycles. The summed E-state index contributed by atoms with van der Waals surface area (Å²) in [6, 6.07) is 10.5. The summed E-state index contributed by atoms with van der Waals surface area (Å²) in [4.78, 5) is 33.5. The summed E-state index contributed by atoms with van der Waals surface area (Å²) >= 11 is 0. The summed E-state index contributed by atoms with van der Waals surface area (Å²) < 4.78 is 14.9. The van der Waals surface area contributed by atoms with Gasteiger partial charge in [0.1, 0.15) is 17.2 Å². The summed E-state index contributed by atoms with van der Waals surface area (Å²) in [6.07, 6.45) is 1.04. The number of aryl methyl sites for hydroxylation is 1. The standard InChI is InChI=1S/C18H14O6/c1-3-17(20)23-14-6-4-13(5-7-14)18(21)24-16-9-8-15(22-11-19)10-12(16)2/h3-11H,1H2,2H3.